The largest absolute Gasteiger partial charge is 0.314 e. The molecule has 1 saturated carbocycles. The lowest BCUT2D eigenvalue weighted by atomic mass is 9.74. The van der Waals surface area contributed by atoms with Crippen molar-refractivity contribution < 1.29 is 4.79 Å². The van der Waals surface area contributed by atoms with E-state index in [0.717, 1.165) is 44.9 Å². The van der Waals surface area contributed by atoms with Gasteiger partial charge in [-0.3, -0.25) is 9.69 Å². The molecule has 0 amide bonds. The third-order valence-electron chi connectivity index (χ3n) is 5.31. The zero-order valence-electron chi connectivity index (χ0n) is 12.9. The Morgan fingerprint density at radius 3 is 2.26 bits per heavy atom. The first-order chi connectivity index (χ1) is 9.05. The van der Waals surface area contributed by atoms with Gasteiger partial charge in [0.2, 0.25) is 0 Å². The smallest absolute Gasteiger partial charge is 0.155 e. The Hall–Kier alpha value is -0.410. The van der Waals surface area contributed by atoms with Crippen molar-refractivity contribution in [1.29, 1.82) is 0 Å². The third kappa shape index (κ3) is 3.38. The second-order valence-corrected chi connectivity index (χ2v) is 6.79. The van der Waals surface area contributed by atoms with Crippen LogP contribution in [-0.2, 0) is 4.79 Å². The number of carbonyl (C=O) groups excluding carboxylic acids is 1. The number of Topliss-reactive ketones (excluding diaryl/α,β-unsaturated/α-hetero) is 1. The van der Waals surface area contributed by atoms with Gasteiger partial charge in [-0.25, -0.2) is 0 Å². The van der Waals surface area contributed by atoms with Crippen LogP contribution in [0.25, 0.3) is 0 Å². The van der Waals surface area contributed by atoms with Gasteiger partial charge in [0.1, 0.15) is 0 Å². The van der Waals surface area contributed by atoms with Gasteiger partial charge in [0.05, 0.1) is 5.54 Å². The minimum absolute atomic E-state index is 0.272. The molecule has 1 heterocycles. The summed E-state index contributed by atoms with van der Waals surface area (Å²) in [5.41, 5.74) is -0.272. The molecule has 1 aliphatic carbocycles. The maximum Gasteiger partial charge on any atom is 0.155 e. The predicted octanol–water partition coefficient (Wildman–Crippen LogP) is 2.46. The first-order valence-electron chi connectivity index (χ1n) is 8.05. The van der Waals surface area contributed by atoms with E-state index in [-0.39, 0.29) is 5.54 Å². The summed E-state index contributed by atoms with van der Waals surface area (Å²) < 4.78 is 0. The highest BCUT2D eigenvalue weighted by Crippen LogP contribution is 2.34. The maximum atomic E-state index is 12.9. The van der Waals surface area contributed by atoms with Crippen molar-refractivity contribution in [2.45, 2.75) is 58.4 Å². The molecule has 1 saturated heterocycles. The van der Waals surface area contributed by atoms with Gasteiger partial charge in [0.15, 0.2) is 5.78 Å². The normalized spacial score (nSPS) is 30.3. The minimum atomic E-state index is -0.272. The van der Waals surface area contributed by atoms with E-state index < -0.39 is 0 Å². The first kappa shape index (κ1) is 15.0. The average molecular weight is 266 g/mol. The number of nitrogens with one attached hydrogen (secondary N) is 1. The van der Waals surface area contributed by atoms with Crippen LogP contribution in [0, 0.1) is 11.8 Å². The summed E-state index contributed by atoms with van der Waals surface area (Å²) in [6.07, 6.45) is 6.02. The standard InChI is InChI=1S/C16H30N2O/c1-4-13-5-7-14(8-6-13)15(19)16(2,3)18-11-9-17-10-12-18/h13-14,17H,4-12H2,1-3H3. The summed E-state index contributed by atoms with van der Waals surface area (Å²) in [7, 11) is 0. The van der Waals surface area contributed by atoms with Crippen LogP contribution in [0.15, 0.2) is 0 Å². The number of rotatable bonds is 4. The zero-order valence-corrected chi connectivity index (χ0v) is 12.9. The fourth-order valence-corrected chi connectivity index (χ4v) is 3.71. The number of piperazine rings is 1. The fourth-order valence-electron chi connectivity index (χ4n) is 3.71. The Kier molecular flexibility index (Phi) is 5.02. The summed E-state index contributed by atoms with van der Waals surface area (Å²) >= 11 is 0. The molecule has 19 heavy (non-hydrogen) atoms. The van der Waals surface area contributed by atoms with Crippen LogP contribution >= 0.6 is 0 Å². The van der Waals surface area contributed by atoms with Crippen LogP contribution in [0.2, 0.25) is 0 Å². The molecule has 0 aromatic rings. The van der Waals surface area contributed by atoms with Crippen LogP contribution in [0.1, 0.15) is 52.9 Å². The monoisotopic (exact) mass is 266 g/mol. The molecule has 3 nitrogen and oxygen atoms in total. The molecular weight excluding hydrogens is 236 g/mol. The van der Waals surface area contributed by atoms with Crippen molar-refractivity contribution in [2.75, 3.05) is 26.2 Å². The van der Waals surface area contributed by atoms with Crippen LogP contribution in [0.3, 0.4) is 0 Å². The molecule has 0 unspecified atom stereocenters. The third-order valence-corrected chi connectivity index (χ3v) is 5.31. The topological polar surface area (TPSA) is 32.3 Å². The van der Waals surface area contributed by atoms with Crippen LogP contribution in [0.4, 0.5) is 0 Å². The molecular formula is C16H30N2O. The van der Waals surface area contributed by atoms with E-state index in [4.69, 9.17) is 0 Å². The lowest BCUT2D eigenvalue weighted by Gasteiger charge is -2.42. The number of carbonyl (C=O) groups is 1. The van der Waals surface area contributed by atoms with Crippen LogP contribution < -0.4 is 5.32 Å². The van der Waals surface area contributed by atoms with Crippen molar-refractivity contribution in [3.8, 4) is 0 Å². The van der Waals surface area contributed by atoms with E-state index in [0.29, 0.717) is 11.7 Å². The van der Waals surface area contributed by atoms with Crippen molar-refractivity contribution in [3.05, 3.63) is 0 Å². The molecule has 0 radical (unpaired) electrons. The summed E-state index contributed by atoms with van der Waals surface area (Å²) in [5, 5.41) is 3.37. The summed E-state index contributed by atoms with van der Waals surface area (Å²) in [6, 6.07) is 0. The second-order valence-electron chi connectivity index (χ2n) is 6.79. The highest BCUT2D eigenvalue weighted by Gasteiger charge is 2.39. The van der Waals surface area contributed by atoms with Crippen LogP contribution in [0.5, 0.6) is 0 Å². The van der Waals surface area contributed by atoms with Gasteiger partial charge in [-0.1, -0.05) is 13.3 Å². The molecule has 0 aromatic heterocycles. The Morgan fingerprint density at radius 1 is 1.16 bits per heavy atom. The van der Waals surface area contributed by atoms with Gasteiger partial charge in [-0.05, 0) is 45.4 Å². The molecule has 0 aromatic carbocycles. The predicted molar refractivity (Wildman–Crippen MR) is 79.3 cm³/mol. The molecule has 1 aliphatic heterocycles. The fraction of sp³-hybridized carbons (Fsp3) is 0.938. The SMILES string of the molecule is CCC1CCC(C(=O)C(C)(C)N2CCNCC2)CC1. The Bertz CT molecular complexity index is 300. The molecule has 0 bridgehead atoms. The van der Waals surface area contributed by atoms with Crippen molar-refractivity contribution in [1.82, 2.24) is 10.2 Å². The van der Waals surface area contributed by atoms with E-state index in [9.17, 15) is 4.79 Å². The molecule has 0 atom stereocenters. The van der Waals surface area contributed by atoms with E-state index in [1.807, 2.05) is 0 Å². The lowest BCUT2D eigenvalue weighted by molar-refractivity contribution is -0.135. The summed E-state index contributed by atoms with van der Waals surface area (Å²) in [4.78, 5) is 15.2. The van der Waals surface area contributed by atoms with Crippen LogP contribution in [-0.4, -0.2) is 42.4 Å². The summed E-state index contributed by atoms with van der Waals surface area (Å²) in [5.74, 6) is 1.67. The second kappa shape index (κ2) is 6.36. The Balaban J connectivity index is 1.94. The number of hydrogen-bond donors (Lipinski definition) is 1. The zero-order chi connectivity index (χ0) is 13.9. The molecule has 2 fully saturated rings. The minimum Gasteiger partial charge on any atom is -0.314 e. The summed E-state index contributed by atoms with van der Waals surface area (Å²) in [6.45, 7) is 10.6. The van der Waals surface area contributed by atoms with Gasteiger partial charge in [0.25, 0.3) is 0 Å². The molecule has 110 valence electrons. The van der Waals surface area contributed by atoms with Gasteiger partial charge < -0.3 is 5.32 Å². The number of hydrogen-bond acceptors (Lipinski definition) is 3. The van der Waals surface area contributed by atoms with E-state index in [1.54, 1.807) is 0 Å². The maximum absolute atomic E-state index is 12.9. The Morgan fingerprint density at radius 2 is 1.74 bits per heavy atom. The van der Waals surface area contributed by atoms with Crippen molar-refractivity contribution in [2.24, 2.45) is 11.8 Å². The molecule has 1 N–H and O–H groups in total. The van der Waals surface area contributed by atoms with Crippen molar-refractivity contribution in [3.63, 3.8) is 0 Å². The van der Waals surface area contributed by atoms with Gasteiger partial charge >= 0.3 is 0 Å². The average Bonchev–Trinajstić information content (AvgIpc) is 2.47. The lowest BCUT2D eigenvalue weighted by Crippen LogP contribution is -2.58. The quantitative estimate of drug-likeness (QED) is 0.848. The highest BCUT2D eigenvalue weighted by atomic mass is 16.1. The van der Waals surface area contributed by atoms with Gasteiger partial charge in [-0.2, -0.15) is 0 Å². The van der Waals surface area contributed by atoms with Gasteiger partial charge in [-0.15, -0.1) is 0 Å². The van der Waals surface area contributed by atoms with E-state index in [2.05, 4.69) is 31.0 Å². The van der Waals surface area contributed by atoms with Gasteiger partial charge in [0, 0.05) is 32.1 Å². The van der Waals surface area contributed by atoms with Crippen molar-refractivity contribution >= 4 is 5.78 Å². The number of nitrogens with zero attached hydrogens (tertiary/aromatic N) is 1. The van der Waals surface area contributed by atoms with E-state index in [1.165, 1.54) is 19.3 Å². The molecule has 3 heteroatoms. The molecule has 0 spiro atoms. The Labute approximate surface area is 118 Å². The van der Waals surface area contributed by atoms with E-state index >= 15 is 0 Å². The highest BCUT2D eigenvalue weighted by molar-refractivity contribution is 5.89. The molecule has 2 rings (SSSR count). The molecule has 2 aliphatic rings. The number of ketones is 1. The first-order valence-corrected chi connectivity index (χ1v) is 8.05.